The maximum absolute atomic E-state index is 6.85. The third-order valence-corrected chi connectivity index (χ3v) is 5.80. The molecule has 27 heavy (non-hydrogen) atoms. The molecule has 0 bridgehead atoms. The Hall–Kier alpha value is -2.84. The van der Waals surface area contributed by atoms with Crippen molar-refractivity contribution in [3.8, 4) is 5.75 Å². The van der Waals surface area contributed by atoms with Gasteiger partial charge in [-0.25, -0.2) is 0 Å². The van der Waals surface area contributed by atoms with E-state index in [0.29, 0.717) is 0 Å². The lowest BCUT2D eigenvalue weighted by Crippen LogP contribution is -2.34. The summed E-state index contributed by atoms with van der Waals surface area (Å²) in [6.45, 7) is 0. The van der Waals surface area contributed by atoms with E-state index in [1.165, 1.54) is 0 Å². The molecular formula is C25H17BrO. The van der Waals surface area contributed by atoms with Gasteiger partial charge < -0.3 is 4.74 Å². The van der Waals surface area contributed by atoms with Crippen LogP contribution < -0.4 is 4.74 Å². The fraction of sp³-hybridized carbons (Fsp3) is 0.0400. The van der Waals surface area contributed by atoms with Crippen molar-refractivity contribution in [3.63, 3.8) is 0 Å². The van der Waals surface area contributed by atoms with Crippen molar-refractivity contribution in [3.05, 3.63) is 118 Å². The lowest BCUT2D eigenvalue weighted by atomic mass is 9.83. The van der Waals surface area contributed by atoms with Crippen molar-refractivity contribution in [2.45, 2.75) is 5.60 Å². The molecule has 0 amide bonds. The Bertz CT molecular complexity index is 1110. The molecule has 0 aromatic heterocycles. The Morgan fingerprint density at radius 3 is 1.85 bits per heavy atom. The van der Waals surface area contributed by atoms with E-state index in [-0.39, 0.29) is 0 Å². The molecule has 1 heterocycles. The molecule has 4 aromatic rings. The highest BCUT2D eigenvalue weighted by molar-refractivity contribution is 9.10. The first kappa shape index (κ1) is 16.3. The molecule has 2 heteroatoms. The second-order valence-electron chi connectivity index (χ2n) is 6.73. The Kier molecular flexibility index (Phi) is 3.87. The zero-order chi connectivity index (χ0) is 18.3. The molecule has 4 aromatic carbocycles. The highest BCUT2D eigenvalue weighted by atomic mass is 79.9. The van der Waals surface area contributed by atoms with E-state index in [1.54, 1.807) is 0 Å². The monoisotopic (exact) mass is 412 g/mol. The van der Waals surface area contributed by atoms with Gasteiger partial charge in [-0.1, -0.05) is 107 Å². The van der Waals surface area contributed by atoms with E-state index in [0.717, 1.165) is 37.7 Å². The zero-order valence-electron chi connectivity index (χ0n) is 14.6. The third kappa shape index (κ3) is 2.60. The topological polar surface area (TPSA) is 9.23 Å². The molecule has 0 saturated heterocycles. The van der Waals surface area contributed by atoms with Gasteiger partial charge in [0.1, 0.15) is 5.75 Å². The molecule has 0 atom stereocenters. The first-order chi connectivity index (χ1) is 13.3. The zero-order valence-corrected chi connectivity index (χ0v) is 16.2. The quantitative estimate of drug-likeness (QED) is 0.346. The van der Waals surface area contributed by atoms with E-state index in [1.807, 2.05) is 12.1 Å². The van der Waals surface area contributed by atoms with Crippen LogP contribution in [0.4, 0.5) is 0 Å². The van der Waals surface area contributed by atoms with Crippen molar-refractivity contribution in [2.75, 3.05) is 0 Å². The molecule has 0 saturated carbocycles. The Balaban J connectivity index is 1.79. The van der Waals surface area contributed by atoms with Crippen LogP contribution in [0, 0.1) is 0 Å². The predicted octanol–water partition coefficient (Wildman–Crippen LogP) is 6.95. The van der Waals surface area contributed by atoms with Gasteiger partial charge in [0.25, 0.3) is 0 Å². The van der Waals surface area contributed by atoms with Crippen molar-refractivity contribution >= 4 is 32.8 Å². The van der Waals surface area contributed by atoms with Crippen LogP contribution in [0.5, 0.6) is 5.75 Å². The fourth-order valence-corrected chi connectivity index (χ4v) is 4.41. The van der Waals surface area contributed by atoms with Gasteiger partial charge in [0.15, 0.2) is 5.60 Å². The molecule has 0 fully saturated rings. The molecule has 0 radical (unpaired) electrons. The average Bonchev–Trinajstić information content (AvgIpc) is 2.75. The van der Waals surface area contributed by atoms with Crippen LogP contribution in [-0.4, -0.2) is 0 Å². The summed E-state index contributed by atoms with van der Waals surface area (Å²) in [6, 6.07) is 31.3. The van der Waals surface area contributed by atoms with Gasteiger partial charge in [0.05, 0.1) is 0 Å². The van der Waals surface area contributed by atoms with Crippen molar-refractivity contribution in [1.82, 2.24) is 0 Å². The summed E-state index contributed by atoms with van der Waals surface area (Å²) in [4.78, 5) is 0. The van der Waals surface area contributed by atoms with Crippen LogP contribution >= 0.6 is 15.9 Å². The number of ether oxygens (including phenoxy) is 1. The van der Waals surface area contributed by atoms with Gasteiger partial charge in [0, 0.05) is 26.5 Å². The van der Waals surface area contributed by atoms with Gasteiger partial charge >= 0.3 is 0 Å². The highest BCUT2D eigenvalue weighted by Crippen LogP contribution is 2.46. The average molecular weight is 413 g/mol. The standard InChI is InChI=1S/C25H17BrO/c26-23-17-18-15-16-25(19-9-3-1-4-10-19,20-11-5-2-6-12-20)27-24(18)22-14-8-7-13-21(22)23/h1-17H. The van der Waals surface area contributed by atoms with E-state index >= 15 is 0 Å². The van der Waals surface area contributed by atoms with E-state index < -0.39 is 5.60 Å². The van der Waals surface area contributed by atoms with E-state index in [9.17, 15) is 0 Å². The minimum atomic E-state index is -0.647. The molecule has 1 aliphatic heterocycles. The maximum Gasteiger partial charge on any atom is 0.178 e. The number of halogens is 1. The van der Waals surface area contributed by atoms with Crippen molar-refractivity contribution in [1.29, 1.82) is 0 Å². The number of fused-ring (bicyclic) bond motifs is 3. The Labute approximate surface area is 167 Å². The minimum Gasteiger partial charge on any atom is -0.472 e. The van der Waals surface area contributed by atoms with Crippen LogP contribution in [0.3, 0.4) is 0 Å². The summed E-state index contributed by atoms with van der Waals surface area (Å²) in [5, 5.41) is 2.27. The lowest BCUT2D eigenvalue weighted by Gasteiger charge is -2.36. The Morgan fingerprint density at radius 2 is 1.22 bits per heavy atom. The van der Waals surface area contributed by atoms with Crippen molar-refractivity contribution < 1.29 is 4.74 Å². The van der Waals surface area contributed by atoms with E-state index in [2.05, 4.69) is 107 Å². The summed E-state index contributed by atoms with van der Waals surface area (Å²) >= 11 is 3.70. The number of rotatable bonds is 2. The normalized spacial score (nSPS) is 14.6. The first-order valence-electron chi connectivity index (χ1n) is 8.98. The van der Waals surface area contributed by atoms with Gasteiger partial charge in [-0.3, -0.25) is 0 Å². The molecule has 130 valence electrons. The molecule has 1 nitrogen and oxygen atoms in total. The summed E-state index contributed by atoms with van der Waals surface area (Å²) < 4.78 is 7.93. The van der Waals surface area contributed by atoms with Crippen LogP contribution in [0.15, 0.2) is 102 Å². The third-order valence-electron chi connectivity index (χ3n) is 5.14. The van der Waals surface area contributed by atoms with Crippen LogP contribution in [0.25, 0.3) is 16.8 Å². The van der Waals surface area contributed by atoms with Crippen LogP contribution in [-0.2, 0) is 5.60 Å². The number of hydrogen-bond acceptors (Lipinski definition) is 1. The van der Waals surface area contributed by atoms with Gasteiger partial charge in [-0.15, -0.1) is 0 Å². The fourth-order valence-electron chi connectivity index (χ4n) is 3.81. The molecule has 1 aliphatic rings. The summed E-state index contributed by atoms with van der Waals surface area (Å²) in [5.41, 5.74) is 2.67. The molecule has 5 rings (SSSR count). The van der Waals surface area contributed by atoms with Gasteiger partial charge in [0.2, 0.25) is 0 Å². The number of hydrogen-bond donors (Lipinski definition) is 0. The minimum absolute atomic E-state index is 0.647. The van der Waals surface area contributed by atoms with E-state index in [4.69, 9.17) is 4.74 Å². The molecule has 0 unspecified atom stereocenters. The van der Waals surface area contributed by atoms with Crippen LogP contribution in [0.2, 0.25) is 0 Å². The lowest BCUT2D eigenvalue weighted by molar-refractivity contribution is 0.163. The maximum atomic E-state index is 6.85. The van der Waals surface area contributed by atoms with Crippen molar-refractivity contribution in [2.24, 2.45) is 0 Å². The van der Waals surface area contributed by atoms with Gasteiger partial charge in [-0.05, 0) is 17.5 Å². The number of benzene rings is 4. The Morgan fingerprint density at radius 1 is 0.667 bits per heavy atom. The molecule has 0 N–H and O–H groups in total. The molecular weight excluding hydrogens is 396 g/mol. The summed E-state index contributed by atoms with van der Waals surface area (Å²) in [5.74, 6) is 0.920. The molecule has 0 aliphatic carbocycles. The smallest absolute Gasteiger partial charge is 0.178 e. The largest absolute Gasteiger partial charge is 0.472 e. The molecule has 0 spiro atoms. The second kappa shape index (κ2) is 6.40. The SMILES string of the molecule is Brc1cc2c(c3ccccc13)OC(c1ccccc1)(c1ccccc1)C=C2. The summed E-state index contributed by atoms with van der Waals surface area (Å²) in [7, 11) is 0. The highest BCUT2D eigenvalue weighted by Gasteiger charge is 2.37. The summed E-state index contributed by atoms with van der Waals surface area (Å²) in [6.07, 6.45) is 4.34. The van der Waals surface area contributed by atoms with Gasteiger partial charge in [-0.2, -0.15) is 0 Å². The predicted molar refractivity (Wildman–Crippen MR) is 115 cm³/mol. The second-order valence-corrected chi connectivity index (χ2v) is 7.58. The van der Waals surface area contributed by atoms with Crippen LogP contribution in [0.1, 0.15) is 16.7 Å². The first-order valence-corrected chi connectivity index (χ1v) is 9.78.